The highest BCUT2D eigenvalue weighted by Gasteiger charge is 2.12. The summed E-state index contributed by atoms with van der Waals surface area (Å²) in [5.41, 5.74) is 6.94. The molecule has 4 N–H and O–H groups in total. The number of carbonyl (C=O) groups is 2. The van der Waals surface area contributed by atoms with Crippen molar-refractivity contribution in [3.8, 4) is 11.1 Å². The second-order valence-corrected chi connectivity index (χ2v) is 3.92. The molecule has 0 saturated heterocycles. The molecule has 0 saturated carbocycles. The molecular weight excluding hydrogens is 244 g/mol. The number of anilines is 1. The summed E-state index contributed by atoms with van der Waals surface area (Å²) < 4.78 is 0. The number of aromatic carboxylic acids is 1. The lowest BCUT2D eigenvalue weighted by Gasteiger charge is -2.09. The number of hydrogen-bond acceptors (Lipinski definition) is 2. The molecule has 0 aliphatic heterocycles. The first-order chi connectivity index (χ1) is 9.08. The third kappa shape index (κ3) is 2.90. The van der Waals surface area contributed by atoms with Gasteiger partial charge < -0.3 is 16.2 Å². The Labute approximate surface area is 109 Å². The summed E-state index contributed by atoms with van der Waals surface area (Å²) >= 11 is 0. The van der Waals surface area contributed by atoms with Crippen LogP contribution >= 0.6 is 0 Å². The third-order valence-electron chi connectivity index (χ3n) is 2.61. The molecule has 5 nitrogen and oxygen atoms in total. The van der Waals surface area contributed by atoms with Crippen molar-refractivity contribution in [2.75, 3.05) is 5.32 Å². The molecule has 19 heavy (non-hydrogen) atoms. The quantitative estimate of drug-likeness (QED) is 0.787. The Balaban J connectivity index is 2.49. The number of benzene rings is 2. The molecule has 2 rings (SSSR count). The van der Waals surface area contributed by atoms with Crippen molar-refractivity contribution in [2.45, 2.75) is 0 Å². The second-order valence-electron chi connectivity index (χ2n) is 3.92. The van der Waals surface area contributed by atoms with Crippen LogP contribution in [0.4, 0.5) is 10.5 Å². The molecule has 0 bridgehead atoms. The van der Waals surface area contributed by atoms with E-state index in [1.165, 1.54) is 6.07 Å². The monoisotopic (exact) mass is 256 g/mol. The van der Waals surface area contributed by atoms with Gasteiger partial charge in [0.1, 0.15) is 0 Å². The van der Waals surface area contributed by atoms with Gasteiger partial charge in [0.15, 0.2) is 0 Å². The summed E-state index contributed by atoms with van der Waals surface area (Å²) in [6, 6.07) is 13.3. The number of hydrogen-bond donors (Lipinski definition) is 3. The Kier molecular flexibility index (Phi) is 3.47. The van der Waals surface area contributed by atoms with Crippen molar-refractivity contribution < 1.29 is 14.7 Å². The number of nitrogens with one attached hydrogen (secondary N) is 1. The maximum Gasteiger partial charge on any atom is 0.337 e. The minimum Gasteiger partial charge on any atom is -0.478 e. The number of rotatable bonds is 3. The number of carboxylic acids is 1. The molecule has 2 amide bonds. The van der Waals surface area contributed by atoms with Gasteiger partial charge in [-0.1, -0.05) is 36.4 Å². The van der Waals surface area contributed by atoms with Crippen molar-refractivity contribution in [1.29, 1.82) is 0 Å². The van der Waals surface area contributed by atoms with Gasteiger partial charge in [-0.3, -0.25) is 0 Å². The Morgan fingerprint density at radius 2 is 1.68 bits per heavy atom. The van der Waals surface area contributed by atoms with Gasteiger partial charge in [-0.15, -0.1) is 0 Å². The third-order valence-corrected chi connectivity index (χ3v) is 2.61. The number of primary amides is 1. The SMILES string of the molecule is NC(=O)Nc1cc(-c2ccccc2)ccc1C(=O)O. The van der Waals surface area contributed by atoms with Crippen molar-refractivity contribution in [3.05, 3.63) is 54.1 Å². The standard InChI is InChI=1S/C14H12N2O3/c15-14(19)16-12-8-10(6-7-11(12)13(17)18)9-4-2-1-3-5-9/h1-8H,(H,17,18)(H3,15,16,19). The normalized spacial score (nSPS) is 9.89. The fourth-order valence-corrected chi connectivity index (χ4v) is 1.78. The lowest BCUT2D eigenvalue weighted by molar-refractivity contribution is 0.0698. The summed E-state index contributed by atoms with van der Waals surface area (Å²) in [6.07, 6.45) is 0. The van der Waals surface area contributed by atoms with E-state index >= 15 is 0 Å². The molecule has 0 atom stereocenters. The van der Waals surface area contributed by atoms with E-state index in [1.54, 1.807) is 12.1 Å². The first-order valence-corrected chi connectivity index (χ1v) is 5.57. The van der Waals surface area contributed by atoms with Crippen molar-refractivity contribution in [1.82, 2.24) is 0 Å². The summed E-state index contributed by atoms with van der Waals surface area (Å²) in [5, 5.41) is 11.4. The predicted molar refractivity (Wildman–Crippen MR) is 72.0 cm³/mol. The molecule has 0 aliphatic rings. The molecule has 0 aliphatic carbocycles. The lowest BCUT2D eigenvalue weighted by Crippen LogP contribution is -2.21. The number of carbonyl (C=O) groups excluding carboxylic acids is 1. The van der Waals surface area contributed by atoms with Crippen LogP contribution in [0.1, 0.15) is 10.4 Å². The van der Waals surface area contributed by atoms with Crippen LogP contribution < -0.4 is 11.1 Å². The van der Waals surface area contributed by atoms with Crippen LogP contribution in [0.2, 0.25) is 0 Å². The van der Waals surface area contributed by atoms with Crippen LogP contribution in [0.25, 0.3) is 11.1 Å². The predicted octanol–water partition coefficient (Wildman–Crippen LogP) is 2.54. The Morgan fingerprint density at radius 1 is 1.00 bits per heavy atom. The smallest absolute Gasteiger partial charge is 0.337 e. The first kappa shape index (κ1) is 12.6. The molecule has 0 spiro atoms. The van der Waals surface area contributed by atoms with Crippen LogP contribution in [0.5, 0.6) is 0 Å². The van der Waals surface area contributed by atoms with Gasteiger partial charge in [-0.05, 0) is 23.3 Å². The van der Waals surface area contributed by atoms with E-state index in [4.69, 9.17) is 10.8 Å². The van der Waals surface area contributed by atoms with E-state index in [1.807, 2.05) is 30.3 Å². The molecule has 96 valence electrons. The molecule has 0 unspecified atom stereocenters. The average molecular weight is 256 g/mol. The summed E-state index contributed by atoms with van der Waals surface area (Å²) in [6.45, 7) is 0. The van der Waals surface area contributed by atoms with E-state index in [2.05, 4.69) is 5.32 Å². The van der Waals surface area contributed by atoms with Crippen molar-refractivity contribution >= 4 is 17.7 Å². The molecule has 0 heterocycles. The molecule has 0 fully saturated rings. The zero-order chi connectivity index (χ0) is 13.8. The highest BCUT2D eigenvalue weighted by atomic mass is 16.4. The number of carboxylic acid groups (broad SMARTS) is 1. The van der Waals surface area contributed by atoms with Gasteiger partial charge >= 0.3 is 12.0 Å². The molecule has 2 aromatic carbocycles. The fourth-order valence-electron chi connectivity index (χ4n) is 1.78. The topological polar surface area (TPSA) is 92.4 Å². The molecular formula is C14H12N2O3. The van der Waals surface area contributed by atoms with E-state index in [0.717, 1.165) is 11.1 Å². The zero-order valence-corrected chi connectivity index (χ0v) is 9.96. The minimum atomic E-state index is -1.12. The summed E-state index contributed by atoms with van der Waals surface area (Å²) in [7, 11) is 0. The molecule has 0 radical (unpaired) electrons. The first-order valence-electron chi connectivity index (χ1n) is 5.57. The Morgan fingerprint density at radius 3 is 2.26 bits per heavy atom. The summed E-state index contributed by atoms with van der Waals surface area (Å²) in [4.78, 5) is 22.0. The Bertz CT molecular complexity index is 624. The molecule has 0 aromatic heterocycles. The molecule has 2 aromatic rings. The van der Waals surface area contributed by atoms with Crippen LogP contribution in [0.3, 0.4) is 0 Å². The van der Waals surface area contributed by atoms with E-state index in [0.29, 0.717) is 0 Å². The zero-order valence-electron chi connectivity index (χ0n) is 9.96. The van der Waals surface area contributed by atoms with Gasteiger partial charge in [0.2, 0.25) is 0 Å². The average Bonchev–Trinajstić information content (AvgIpc) is 2.38. The van der Waals surface area contributed by atoms with Crippen molar-refractivity contribution in [3.63, 3.8) is 0 Å². The van der Waals surface area contributed by atoms with Gasteiger partial charge in [0, 0.05) is 0 Å². The van der Waals surface area contributed by atoms with E-state index < -0.39 is 12.0 Å². The van der Waals surface area contributed by atoms with E-state index in [-0.39, 0.29) is 11.3 Å². The Hall–Kier alpha value is -2.82. The van der Waals surface area contributed by atoms with Gasteiger partial charge in [0.25, 0.3) is 0 Å². The minimum absolute atomic E-state index is 0.00141. The van der Waals surface area contributed by atoms with Crippen LogP contribution in [0.15, 0.2) is 48.5 Å². The largest absolute Gasteiger partial charge is 0.478 e. The highest BCUT2D eigenvalue weighted by Crippen LogP contribution is 2.25. The van der Waals surface area contributed by atoms with Gasteiger partial charge in [-0.25, -0.2) is 9.59 Å². The lowest BCUT2D eigenvalue weighted by atomic mass is 10.0. The fraction of sp³-hybridized carbons (Fsp3) is 0. The number of amides is 2. The second kappa shape index (κ2) is 5.22. The van der Waals surface area contributed by atoms with Crippen molar-refractivity contribution in [2.24, 2.45) is 5.73 Å². The highest BCUT2D eigenvalue weighted by molar-refractivity contribution is 6.00. The molecule has 5 heteroatoms. The van der Waals surface area contributed by atoms with Gasteiger partial charge in [0.05, 0.1) is 11.3 Å². The van der Waals surface area contributed by atoms with E-state index in [9.17, 15) is 9.59 Å². The number of nitrogens with two attached hydrogens (primary N) is 1. The maximum atomic E-state index is 11.1. The summed E-state index contributed by atoms with van der Waals surface area (Å²) in [5.74, 6) is -1.12. The van der Waals surface area contributed by atoms with Crippen LogP contribution in [0, 0.1) is 0 Å². The number of urea groups is 1. The van der Waals surface area contributed by atoms with Crippen LogP contribution in [-0.4, -0.2) is 17.1 Å². The maximum absolute atomic E-state index is 11.1. The van der Waals surface area contributed by atoms with Gasteiger partial charge in [-0.2, -0.15) is 0 Å². The van der Waals surface area contributed by atoms with Crippen LogP contribution in [-0.2, 0) is 0 Å².